The van der Waals surface area contributed by atoms with Gasteiger partial charge in [0.15, 0.2) is 0 Å². The minimum atomic E-state index is 0.0415. The maximum atomic E-state index is 11.9. The van der Waals surface area contributed by atoms with Crippen molar-refractivity contribution in [2.24, 2.45) is 0 Å². The van der Waals surface area contributed by atoms with Gasteiger partial charge in [-0.3, -0.25) is 14.6 Å². The van der Waals surface area contributed by atoms with Gasteiger partial charge in [0.25, 0.3) is 5.91 Å². The summed E-state index contributed by atoms with van der Waals surface area (Å²) >= 11 is 0. The van der Waals surface area contributed by atoms with Crippen LogP contribution in [0.4, 0.5) is 0 Å². The number of nitrogens with zero attached hydrogens (tertiary/aromatic N) is 3. The first-order chi connectivity index (χ1) is 11.0. The number of hydrogen-bond donors (Lipinski definition) is 1. The quantitative estimate of drug-likeness (QED) is 0.858. The molecule has 0 aromatic heterocycles. The maximum Gasteiger partial charge on any atom is 0.253 e. The van der Waals surface area contributed by atoms with Gasteiger partial charge < -0.3 is 10.0 Å². The lowest BCUT2D eigenvalue weighted by atomic mass is 10.1. The normalized spacial score (nSPS) is 17.9. The molecule has 1 N–H and O–H groups in total. The lowest BCUT2D eigenvalue weighted by Crippen LogP contribution is -2.50. The number of amides is 1. The van der Waals surface area contributed by atoms with E-state index in [0.29, 0.717) is 6.04 Å². The number of piperazine rings is 1. The van der Waals surface area contributed by atoms with Gasteiger partial charge in [-0.25, -0.2) is 0 Å². The van der Waals surface area contributed by atoms with Gasteiger partial charge >= 0.3 is 0 Å². The summed E-state index contributed by atoms with van der Waals surface area (Å²) in [6, 6.07) is 8.21. The third-order valence-corrected chi connectivity index (χ3v) is 4.62. The zero-order chi connectivity index (χ0) is 16.8. The van der Waals surface area contributed by atoms with Gasteiger partial charge in [0.2, 0.25) is 0 Å². The summed E-state index contributed by atoms with van der Waals surface area (Å²) in [6.07, 6.45) is 0.998. The van der Waals surface area contributed by atoms with E-state index in [1.165, 1.54) is 5.56 Å². The molecule has 0 bridgehead atoms. The summed E-state index contributed by atoms with van der Waals surface area (Å²) in [6.45, 7) is 7.36. The molecule has 1 amide bonds. The minimum Gasteiger partial charge on any atom is -0.395 e. The van der Waals surface area contributed by atoms with Gasteiger partial charge in [-0.05, 0) is 24.1 Å². The van der Waals surface area contributed by atoms with E-state index in [4.69, 9.17) is 0 Å². The fourth-order valence-corrected chi connectivity index (χ4v) is 3.06. The highest BCUT2D eigenvalue weighted by Gasteiger charge is 2.22. The Morgan fingerprint density at radius 3 is 2.26 bits per heavy atom. The van der Waals surface area contributed by atoms with Gasteiger partial charge in [0.1, 0.15) is 0 Å². The number of rotatable bonds is 6. The monoisotopic (exact) mass is 319 g/mol. The standard InChI is InChI=1S/C18H29N3O2/c1-4-17(14-22)21-11-9-20(10-12-21)13-15-5-7-16(8-6-15)18(23)19(2)3/h5-8,17,22H,4,9-14H2,1-3H3. The zero-order valence-corrected chi connectivity index (χ0v) is 14.5. The number of carbonyl (C=O) groups is 1. The smallest absolute Gasteiger partial charge is 0.253 e. The highest BCUT2D eigenvalue weighted by molar-refractivity contribution is 5.93. The van der Waals surface area contributed by atoms with Crippen molar-refractivity contribution in [1.29, 1.82) is 0 Å². The third kappa shape index (κ3) is 4.77. The Morgan fingerprint density at radius 2 is 1.78 bits per heavy atom. The molecule has 0 spiro atoms. The summed E-state index contributed by atoms with van der Waals surface area (Å²) < 4.78 is 0. The molecule has 23 heavy (non-hydrogen) atoms. The van der Waals surface area contributed by atoms with Crippen LogP contribution >= 0.6 is 0 Å². The zero-order valence-electron chi connectivity index (χ0n) is 14.5. The van der Waals surface area contributed by atoms with Crippen LogP contribution in [0.25, 0.3) is 0 Å². The fraction of sp³-hybridized carbons (Fsp3) is 0.611. The van der Waals surface area contributed by atoms with Crippen LogP contribution in [0.1, 0.15) is 29.3 Å². The van der Waals surface area contributed by atoms with Crippen molar-refractivity contribution in [3.05, 3.63) is 35.4 Å². The molecule has 1 heterocycles. The minimum absolute atomic E-state index is 0.0415. The van der Waals surface area contributed by atoms with Crippen LogP contribution in [0, 0.1) is 0 Å². The number of aliphatic hydroxyl groups is 1. The van der Waals surface area contributed by atoms with Crippen LogP contribution in [-0.2, 0) is 6.54 Å². The molecule has 1 atom stereocenters. The molecule has 1 aromatic carbocycles. The maximum absolute atomic E-state index is 11.9. The van der Waals surface area contributed by atoms with Gasteiger partial charge in [-0.1, -0.05) is 19.1 Å². The van der Waals surface area contributed by atoms with Gasteiger partial charge in [-0.15, -0.1) is 0 Å². The average molecular weight is 319 g/mol. The van der Waals surface area contributed by atoms with Gasteiger partial charge in [0.05, 0.1) is 6.61 Å². The molecular weight excluding hydrogens is 290 g/mol. The predicted octanol–water partition coefficient (Wildman–Crippen LogP) is 1.28. The molecule has 5 nitrogen and oxygen atoms in total. The van der Waals surface area contributed by atoms with Crippen LogP contribution in [0.15, 0.2) is 24.3 Å². The lowest BCUT2D eigenvalue weighted by molar-refractivity contribution is 0.0608. The Balaban J connectivity index is 1.86. The summed E-state index contributed by atoms with van der Waals surface area (Å²) in [5.74, 6) is 0.0415. The molecule has 128 valence electrons. The second-order valence-corrected chi connectivity index (χ2v) is 6.45. The topological polar surface area (TPSA) is 47.0 Å². The van der Waals surface area contributed by atoms with E-state index in [2.05, 4.69) is 16.7 Å². The predicted molar refractivity (Wildman–Crippen MR) is 92.5 cm³/mol. The number of carbonyl (C=O) groups excluding carboxylic acids is 1. The Hall–Kier alpha value is -1.43. The molecule has 1 aliphatic rings. The highest BCUT2D eigenvalue weighted by Crippen LogP contribution is 2.13. The van der Waals surface area contributed by atoms with E-state index in [-0.39, 0.29) is 12.5 Å². The highest BCUT2D eigenvalue weighted by atomic mass is 16.3. The van der Waals surface area contributed by atoms with E-state index in [9.17, 15) is 9.90 Å². The van der Waals surface area contributed by atoms with Crippen molar-refractivity contribution in [2.75, 3.05) is 46.9 Å². The van der Waals surface area contributed by atoms with E-state index in [1.54, 1.807) is 19.0 Å². The Kier molecular flexibility index (Phi) is 6.57. The fourth-order valence-electron chi connectivity index (χ4n) is 3.06. The average Bonchev–Trinajstić information content (AvgIpc) is 2.57. The first kappa shape index (κ1) is 17.9. The molecular formula is C18H29N3O2. The number of aliphatic hydroxyl groups excluding tert-OH is 1. The molecule has 5 heteroatoms. The van der Waals surface area contributed by atoms with Crippen molar-refractivity contribution in [3.8, 4) is 0 Å². The molecule has 2 rings (SSSR count). The largest absolute Gasteiger partial charge is 0.395 e. The van der Waals surface area contributed by atoms with Crippen LogP contribution in [-0.4, -0.2) is 78.6 Å². The van der Waals surface area contributed by atoms with Crippen molar-refractivity contribution in [1.82, 2.24) is 14.7 Å². The summed E-state index contributed by atoms with van der Waals surface area (Å²) in [7, 11) is 3.54. The Morgan fingerprint density at radius 1 is 1.17 bits per heavy atom. The molecule has 1 aromatic rings. The number of hydrogen-bond acceptors (Lipinski definition) is 4. The van der Waals surface area contributed by atoms with E-state index in [1.807, 2.05) is 24.3 Å². The van der Waals surface area contributed by atoms with Crippen LogP contribution in [0.5, 0.6) is 0 Å². The second kappa shape index (κ2) is 8.43. The third-order valence-electron chi connectivity index (χ3n) is 4.62. The van der Waals surface area contributed by atoms with Crippen molar-refractivity contribution >= 4 is 5.91 Å². The SMILES string of the molecule is CCC(CO)N1CCN(Cc2ccc(C(=O)N(C)C)cc2)CC1. The second-order valence-electron chi connectivity index (χ2n) is 6.45. The van der Waals surface area contributed by atoms with Crippen LogP contribution in [0.3, 0.4) is 0 Å². The van der Waals surface area contributed by atoms with Crippen LogP contribution in [0.2, 0.25) is 0 Å². The molecule has 0 saturated carbocycles. The van der Waals surface area contributed by atoms with E-state index >= 15 is 0 Å². The molecule has 1 fully saturated rings. The Labute approximate surface area is 139 Å². The van der Waals surface area contributed by atoms with E-state index < -0.39 is 0 Å². The molecule has 0 aliphatic carbocycles. The van der Waals surface area contributed by atoms with E-state index in [0.717, 1.165) is 44.7 Å². The summed E-state index contributed by atoms with van der Waals surface area (Å²) in [4.78, 5) is 18.3. The Bertz CT molecular complexity index is 489. The molecule has 0 radical (unpaired) electrons. The number of benzene rings is 1. The lowest BCUT2D eigenvalue weighted by Gasteiger charge is -2.38. The molecule has 1 unspecified atom stereocenters. The van der Waals surface area contributed by atoms with Gasteiger partial charge in [0, 0.05) is 58.4 Å². The summed E-state index contributed by atoms with van der Waals surface area (Å²) in [5.41, 5.74) is 1.97. The van der Waals surface area contributed by atoms with Gasteiger partial charge in [-0.2, -0.15) is 0 Å². The molecule has 1 saturated heterocycles. The van der Waals surface area contributed by atoms with Crippen molar-refractivity contribution < 1.29 is 9.90 Å². The van der Waals surface area contributed by atoms with Crippen molar-refractivity contribution in [2.45, 2.75) is 25.9 Å². The van der Waals surface area contributed by atoms with Crippen molar-refractivity contribution in [3.63, 3.8) is 0 Å². The first-order valence-corrected chi connectivity index (χ1v) is 8.43. The molecule has 1 aliphatic heterocycles. The summed E-state index contributed by atoms with van der Waals surface area (Å²) in [5, 5.41) is 9.40. The first-order valence-electron chi connectivity index (χ1n) is 8.43. The van der Waals surface area contributed by atoms with Crippen LogP contribution < -0.4 is 0 Å².